The molecule has 9 heteroatoms. The summed E-state index contributed by atoms with van der Waals surface area (Å²) in [5.41, 5.74) is 2.46. The van der Waals surface area contributed by atoms with Gasteiger partial charge in [-0.3, -0.25) is 9.79 Å². The number of fused-ring (bicyclic) bond motifs is 1. The molecule has 150 valence electrons. The minimum Gasteiger partial charge on any atom is -0.356 e. The monoisotopic (exact) mass is 506 g/mol. The minimum atomic E-state index is -2.91. The second-order valence-corrected chi connectivity index (χ2v) is 9.09. The zero-order chi connectivity index (χ0) is 18.6. The summed E-state index contributed by atoms with van der Waals surface area (Å²) in [6.07, 6.45) is 1.79. The van der Waals surface area contributed by atoms with Gasteiger partial charge in [-0.2, -0.15) is 0 Å². The van der Waals surface area contributed by atoms with Crippen molar-refractivity contribution in [3.63, 3.8) is 0 Å². The molecule has 1 aromatic carbocycles. The van der Waals surface area contributed by atoms with E-state index in [2.05, 4.69) is 27.8 Å². The highest BCUT2D eigenvalue weighted by Crippen LogP contribution is 2.22. The maximum Gasteiger partial charge on any atom is 0.223 e. The van der Waals surface area contributed by atoms with E-state index in [9.17, 15) is 13.2 Å². The number of carbonyl (C=O) groups excluding carboxylic acids is 1. The van der Waals surface area contributed by atoms with Crippen molar-refractivity contribution in [2.75, 3.05) is 25.1 Å². The van der Waals surface area contributed by atoms with Crippen LogP contribution >= 0.6 is 24.0 Å². The normalized spacial score (nSPS) is 20.7. The van der Waals surface area contributed by atoms with Gasteiger partial charge in [0.05, 0.1) is 11.5 Å². The van der Waals surface area contributed by atoms with Gasteiger partial charge < -0.3 is 15.5 Å². The molecule has 1 saturated heterocycles. The summed E-state index contributed by atoms with van der Waals surface area (Å²) in [7, 11) is -1.26. The summed E-state index contributed by atoms with van der Waals surface area (Å²) in [5.74, 6) is 1.14. The largest absolute Gasteiger partial charge is 0.356 e. The number of sulfone groups is 1. The van der Waals surface area contributed by atoms with Crippen molar-refractivity contribution < 1.29 is 13.2 Å². The Morgan fingerprint density at radius 2 is 1.93 bits per heavy atom. The molecular weight excluding hydrogens is 479 g/mol. The second kappa shape index (κ2) is 9.72. The third-order valence-electron chi connectivity index (χ3n) is 4.85. The molecule has 1 aromatic rings. The van der Waals surface area contributed by atoms with E-state index >= 15 is 0 Å². The van der Waals surface area contributed by atoms with Crippen molar-refractivity contribution in [2.45, 2.75) is 38.4 Å². The molecule has 0 bridgehead atoms. The van der Waals surface area contributed by atoms with Crippen LogP contribution in [0.5, 0.6) is 0 Å². The van der Waals surface area contributed by atoms with E-state index in [1.54, 1.807) is 7.05 Å². The smallest absolute Gasteiger partial charge is 0.223 e. The van der Waals surface area contributed by atoms with Gasteiger partial charge in [0.1, 0.15) is 0 Å². The van der Waals surface area contributed by atoms with Crippen LogP contribution in [-0.4, -0.2) is 56.3 Å². The zero-order valence-electron chi connectivity index (χ0n) is 15.5. The zero-order valence-corrected chi connectivity index (χ0v) is 18.6. The number of hydrogen-bond acceptors (Lipinski definition) is 4. The Morgan fingerprint density at radius 1 is 1.26 bits per heavy atom. The van der Waals surface area contributed by atoms with Gasteiger partial charge >= 0.3 is 0 Å². The molecule has 1 unspecified atom stereocenters. The predicted molar refractivity (Wildman–Crippen MR) is 117 cm³/mol. The predicted octanol–water partition coefficient (Wildman–Crippen LogP) is 1.28. The van der Waals surface area contributed by atoms with Crippen LogP contribution in [-0.2, 0) is 27.7 Å². The summed E-state index contributed by atoms with van der Waals surface area (Å²) < 4.78 is 23.0. The first-order chi connectivity index (χ1) is 12.5. The van der Waals surface area contributed by atoms with E-state index in [0.29, 0.717) is 44.9 Å². The Kier molecular flexibility index (Phi) is 7.90. The summed E-state index contributed by atoms with van der Waals surface area (Å²) in [4.78, 5) is 18.4. The summed E-state index contributed by atoms with van der Waals surface area (Å²) in [6, 6.07) is 8.07. The van der Waals surface area contributed by atoms with Crippen molar-refractivity contribution in [2.24, 2.45) is 4.99 Å². The number of rotatable bonds is 5. The molecule has 27 heavy (non-hydrogen) atoms. The Labute approximate surface area is 177 Å². The lowest BCUT2D eigenvalue weighted by Crippen LogP contribution is -2.44. The van der Waals surface area contributed by atoms with Gasteiger partial charge in [0, 0.05) is 39.1 Å². The van der Waals surface area contributed by atoms with Crippen molar-refractivity contribution in [1.29, 1.82) is 0 Å². The number of nitrogens with zero attached hydrogens (tertiary/aromatic N) is 2. The number of amides is 1. The van der Waals surface area contributed by atoms with Gasteiger partial charge in [0.15, 0.2) is 15.8 Å². The van der Waals surface area contributed by atoms with Gasteiger partial charge in [-0.05, 0) is 24.0 Å². The molecule has 0 saturated carbocycles. The highest BCUT2D eigenvalue weighted by atomic mass is 127. The van der Waals surface area contributed by atoms with Gasteiger partial charge in [0.2, 0.25) is 5.91 Å². The Morgan fingerprint density at radius 3 is 2.48 bits per heavy atom. The fourth-order valence-corrected chi connectivity index (χ4v) is 5.08. The molecule has 0 aliphatic carbocycles. The first-order valence-corrected chi connectivity index (χ1v) is 10.8. The average Bonchev–Trinajstić information content (AvgIpc) is 3.20. The molecule has 7 nitrogen and oxygen atoms in total. The molecule has 0 radical (unpaired) electrons. The molecule has 1 atom stereocenters. The third-order valence-corrected chi connectivity index (χ3v) is 6.62. The van der Waals surface area contributed by atoms with Crippen LogP contribution in [0.4, 0.5) is 0 Å². The molecule has 2 heterocycles. The van der Waals surface area contributed by atoms with Gasteiger partial charge in [0.25, 0.3) is 0 Å². The number of nitrogens with one attached hydrogen (secondary N) is 2. The lowest BCUT2D eigenvalue weighted by atomic mass is 10.1. The van der Waals surface area contributed by atoms with Crippen LogP contribution in [0.3, 0.4) is 0 Å². The molecule has 2 aliphatic heterocycles. The SMILES string of the molecule is CN=C(NCCCC(=O)N1Cc2ccccc2C1)NC1CCS(=O)(=O)C1.I. The lowest BCUT2D eigenvalue weighted by molar-refractivity contribution is -0.131. The van der Waals surface area contributed by atoms with E-state index < -0.39 is 9.84 Å². The van der Waals surface area contributed by atoms with Crippen molar-refractivity contribution >= 4 is 45.7 Å². The summed E-state index contributed by atoms with van der Waals surface area (Å²) in [6.45, 7) is 2.01. The highest BCUT2D eigenvalue weighted by Gasteiger charge is 2.28. The van der Waals surface area contributed by atoms with Crippen molar-refractivity contribution in [3.8, 4) is 0 Å². The summed E-state index contributed by atoms with van der Waals surface area (Å²) in [5, 5.41) is 6.30. The van der Waals surface area contributed by atoms with Crippen LogP contribution in [0, 0.1) is 0 Å². The Balaban J connectivity index is 0.00000261. The van der Waals surface area contributed by atoms with Crippen LogP contribution in [0.2, 0.25) is 0 Å². The fraction of sp³-hybridized carbons (Fsp3) is 0.556. The van der Waals surface area contributed by atoms with Crippen molar-refractivity contribution in [1.82, 2.24) is 15.5 Å². The number of halogens is 1. The van der Waals surface area contributed by atoms with E-state index in [4.69, 9.17) is 0 Å². The van der Waals surface area contributed by atoms with Crippen LogP contribution in [0.1, 0.15) is 30.4 Å². The summed E-state index contributed by atoms with van der Waals surface area (Å²) >= 11 is 0. The van der Waals surface area contributed by atoms with Crippen molar-refractivity contribution in [3.05, 3.63) is 35.4 Å². The maximum atomic E-state index is 12.4. The van der Waals surface area contributed by atoms with Gasteiger partial charge in [-0.1, -0.05) is 24.3 Å². The van der Waals surface area contributed by atoms with Crippen LogP contribution < -0.4 is 10.6 Å². The maximum absolute atomic E-state index is 12.4. The van der Waals surface area contributed by atoms with Gasteiger partial charge in [-0.25, -0.2) is 8.42 Å². The average molecular weight is 506 g/mol. The van der Waals surface area contributed by atoms with E-state index in [-0.39, 0.29) is 47.4 Å². The van der Waals surface area contributed by atoms with Crippen LogP contribution in [0.25, 0.3) is 0 Å². The van der Waals surface area contributed by atoms with E-state index in [0.717, 1.165) is 0 Å². The standard InChI is InChI=1S/C18H26N4O3S.HI/c1-19-18(21-16-8-10-26(24,25)13-16)20-9-4-7-17(23)22-11-14-5-2-3-6-15(14)12-22;/h2-3,5-6,16H,4,7-13H2,1H3,(H2,19,20,21);1H. The van der Waals surface area contributed by atoms with Gasteiger partial charge in [-0.15, -0.1) is 24.0 Å². The molecule has 3 rings (SSSR count). The Bertz CT molecular complexity index is 773. The second-order valence-electron chi connectivity index (χ2n) is 6.87. The lowest BCUT2D eigenvalue weighted by Gasteiger charge is -2.17. The van der Waals surface area contributed by atoms with E-state index in [1.165, 1.54) is 11.1 Å². The van der Waals surface area contributed by atoms with E-state index in [1.807, 2.05) is 17.0 Å². The molecule has 2 N–H and O–H groups in total. The number of hydrogen-bond donors (Lipinski definition) is 2. The molecule has 2 aliphatic rings. The number of aliphatic imine (C=N–C) groups is 1. The fourth-order valence-electron chi connectivity index (χ4n) is 3.41. The molecule has 1 fully saturated rings. The first kappa shape index (κ1) is 21.9. The highest BCUT2D eigenvalue weighted by molar-refractivity contribution is 14.0. The molecule has 1 amide bonds. The third kappa shape index (κ3) is 6.06. The number of benzene rings is 1. The number of carbonyl (C=O) groups is 1. The molecule has 0 spiro atoms. The molecular formula is C18H27IN4O3S. The topological polar surface area (TPSA) is 90.9 Å². The molecule has 0 aromatic heterocycles. The minimum absolute atomic E-state index is 0. The number of guanidine groups is 1. The van der Waals surface area contributed by atoms with Crippen LogP contribution in [0.15, 0.2) is 29.3 Å². The quantitative estimate of drug-likeness (QED) is 0.272. The Hall–Kier alpha value is -1.36. The first-order valence-electron chi connectivity index (χ1n) is 8.99.